The van der Waals surface area contributed by atoms with Crippen LogP contribution in [-0.2, 0) is 10.0 Å². The van der Waals surface area contributed by atoms with Crippen molar-refractivity contribution in [2.75, 3.05) is 21.9 Å². The van der Waals surface area contributed by atoms with Crippen LogP contribution in [0.4, 0.5) is 11.4 Å². The molecular weight excluding hydrogens is 484 g/mol. The molecule has 0 saturated carbocycles. The quantitative estimate of drug-likeness (QED) is 0.398. The zero-order valence-electron chi connectivity index (χ0n) is 19.0. The third kappa shape index (κ3) is 4.72. The Morgan fingerprint density at radius 1 is 1.06 bits per heavy atom. The second-order valence-corrected chi connectivity index (χ2v) is 10.9. The van der Waals surface area contributed by atoms with Crippen LogP contribution in [0.5, 0.6) is 0 Å². The molecule has 7 nitrogen and oxygen atoms in total. The van der Waals surface area contributed by atoms with Crippen LogP contribution in [0, 0.1) is 6.92 Å². The Morgan fingerprint density at radius 2 is 1.89 bits per heavy atom. The van der Waals surface area contributed by atoms with E-state index in [1.165, 1.54) is 4.31 Å². The average molecular weight is 507 g/mol. The Bertz CT molecular complexity index is 1560. The fourth-order valence-corrected chi connectivity index (χ4v) is 6.04. The maximum Gasteiger partial charge on any atom is 0.255 e. The topological polar surface area (TPSA) is 92.3 Å². The van der Waals surface area contributed by atoms with Crippen LogP contribution in [0.3, 0.4) is 0 Å². The van der Waals surface area contributed by atoms with Gasteiger partial charge in [-0.3, -0.25) is 9.10 Å². The summed E-state index contributed by atoms with van der Waals surface area (Å²) in [5, 5.41) is 4.30. The van der Waals surface area contributed by atoms with Crippen molar-refractivity contribution in [3.05, 3.63) is 83.0 Å². The normalized spacial score (nSPS) is 15.2. The minimum atomic E-state index is -3.32. The lowest BCUT2D eigenvalue weighted by molar-refractivity contribution is 0.102. The number of fused-ring (bicyclic) bond motifs is 1. The summed E-state index contributed by atoms with van der Waals surface area (Å²) in [5.41, 5.74) is 3.69. The largest absolute Gasteiger partial charge is 0.322 e. The van der Waals surface area contributed by atoms with Crippen molar-refractivity contribution in [1.29, 1.82) is 0 Å². The van der Waals surface area contributed by atoms with Crippen LogP contribution in [0.25, 0.3) is 22.3 Å². The van der Waals surface area contributed by atoms with Crippen molar-refractivity contribution >= 4 is 49.8 Å². The molecule has 0 unspecified atom stereocenters. The molecule has 2 heterocycles. The fourth-order valence-electron chi connectivity index (χ4n) is 4.21. The highest BCUT2D eigenvalue weighted by Gasteiger charge is 2.26. The Labute approximate surface area is 208 Å². The zero-order valence-corrected chi connectivity index (χ0v) is 20.6. The number of anilines is 2. The van der Waals surface area contributed by atoms with Crippen LogP contribution < -0.4 is 9.62 Å². The Hall–Kier alpha value is -3.49. The lowest BCUT2D eigenvalue weighted by Crippen LogP contribution is -2.37. The smallest absolute Gasteiger partial charge is 0.255 e. The van der Waals surface area contributed by atoms with E-state index >= 15 is 0 Å². The predicted octanol–water partition coefficient (Wildman–Crippen LogP) is 5.44. The molecule has 0 aliphatic carbocycles. The van der Waals surface area contributed by atoms with E-state index in [2.05, 4.69) is 15.3 Å². The number of carbonyl (C=O) groups excluding carboxylic acids is 1. The minimum absolute atomic E-state index is 0.147. The Kier molecular flexibility index (Phi) is 6.17. The number of benzene rings is 3. The van der Waals surface area contributed by atoms with Crippen molar-refractivity contribution in [3.8, 4) is 11.4 Å². The monoisotopic (exact) mass is 506 g/mol. The molecule has 178 valence electrons. The highest BCUT2D eigenvalue weighted by Crippen LogP contribution is 2.30. The molecular formula is C26H23ClN4O3S. The standard InChI is InChI=1S/C26H23ClN4O3S/c1-17-14-20(31-12-4-5-13-35(31,33)34)9-10-21(17)26(32)29-19-8-11-23(27)22(15-19)25-28-16-18-6-2-3-7-24(18)30-25/h2-3,6-11,14-16H,4-5,12-13H2,1H3,(H,29,32). The average Bonchev–Trinajstić information content (AvgIpc) is 2.84. The van der Waals surface area contributed by atoms with Crippen molar-refractivity contribution in [1.82, 2.24) is 9.97 Å². The Morgan fingerprint density at radius 3 is 2.69 bits per heavy atom. The van der Waals surface area contributed by atoms with Crippen molar-refractivity contribution in [3.63, 3.8) is 0 Å². The molecule has 1 aromatic heterocycles. The molecule has 3 aromatic carbocycles. The summed E-state index contributed by atoms with van der Waals surface area (Å²) in [5.74, 6) is 0.310. The van der Waals surface area contributed by atoms with Gasteiger partial charge in [0.25, 0.3) is 5.91 Å². The van der Waals surface area contributed by atoms with E-state index in [0.29, 0.717) is 51.9 Å². The number of rotatable bonds is 4. The van der Waals surface area contributed by atoms with Gasteiger partial charge in [-0.2, -0.15) is 0 Å². The maximum absolute atomic E-state index is 13.1. The molecule has 5 rings (SSSR count). The first-order valence-corrected chi connectivity index (χ1v) is 13.2. The number of hydrogen-bond donors (Lipinski definition) is 1. The molecule has 35 heavy (non-hydrogen) atoms. The minimum Gasteiger partial charge on any atom is -0.322 e. The number of aromatic nitrogens is 2. The first-order valence-electron chi connectivity index (χ1n) is 11.3. The van der Waals surface area contributed by atoms with E-state index in [4.69, 9.17) is 11.6 Å². The summed E-state index contributed by atoms with van der Waals surface area (Å²) >= 11 is 6.43. The summed E-state index contributed by atoms with van der Waals surface area (Å²) in [6.07, 6.45) is 3.23. The summed E-state index contributed by atoms with van der Waals surface area (Å²) in [7, 11) is -3.32. The number of sulfonamides is 1. The third-order valence-corrected chi connectivity index (χ3v) is 8.25. The van der Waals surface area contributed by atoms with Crippen LogP contribution in [0.2, 0.25) is 5.02 Å². The van der Waals surface area contributed by atoms with Crippen molar-refractivity contribution in [2.45, 2.75) is 19.8 Å². The SMILES string of the molecule is Cc1cc(N2CCCCS2(=O)=O)ccc1C(=O)Nc1ccc(Cl)c(-c2ncc3ccccc3n2)c1. The van der Waals surface area contributed by atoms with E-state index in [1.807, 2.05) is 24.3 Å². The van der Waals surface area contributed by atoms with Gasteiger partial charge in [0.1, 0.15) is 0 Å². The third-order valence-electron chi connectivity index (χ3n) is 6.05. The number of amides is 1. The first kappa shape index (κ1) is 23.3. The number of carbonyl (C=O) groups is 1. The molecule has 1 fully saturated rings. The van der Waals surface area contributed by atoms with Gasteiger partial charge in [0.2, 0.25) is 10.0 Å². The number of hydrogen-bond acceptors (Lipinski definition) is 5. The zero-order chi connectivity index (χ0) is 24.6. The summed E-state index contributed by atoms with van der Waals surface area (Å²) in [6.45, 7) is 2.25. The van der Waals surface area contributed by atoms with Gasteiger partial charge in [-0.25, -0.2) is 18.4 Å². The van der Waals surface area contributed by atoms with E-state index in [0.717, 1.165) is 17.3 Å². The molecule has 0 radical (unpaired) electrons. The predicted molar refractivity (Wildman–Crippen MR) is 139 cm³/mol. The van der Waals surface area contributed by atoms with Crippen LogP contribution >= 0.6 is 11.6 Å². The molecule has 1 aliphatic rings. The van der Waals surface area contributed by atoms with Gasteiger partial charge in [0.05, 0.1) is 22.0 Å². The summed E-state index contributed by atoms with van der Waals surface area (Å²) in [6, 6.07) is 17.9. The number of halogens is 1. The van der Waals surface area contributed by atoms with Gasteiger partial charge >= 0.3 is 0 Å². The molecule has 4 aromatic rings. The van der Waals surface area contributed by atoms with E-state index in [1.54, 1.807) is 49.5 Å². The van der Waals surface area contributed by atoms with Crippen LogP contribution in [0.15, 0.2) is 66.9 Å². The second kappa shape index (κ2) is 9.28. The van der Waals surface area contributed by atoms with Gasteiger partial charge in [0.15, 0.2) is 5.82 Å². The lowest BCUT2D eigenvalue weighted by atomic mass is 10.1. The molecule has 1 N–H and O–H groups in total. The van der Waals surface area contributed by atoms with Gasteiger partial charge in [0, 0.05) is 34.9 Å². The number of nitrogens with zero attached hydrogens (tertiary/aromatic N) is 3. The number of aryl methyl sites for hydroxylation is 1. The fraction of sp³-hybridized carbons (Fsp3) is 0.192. The molecule has 1 amide bonds. The molecule has 1 aliphatic heterocycles. The molecule has 0 spiro atoms. The Balaban J connectivity index is 1.40. The van der Waals surface area contributed by atoms with Gasteiger partial charge in [-0.1, -0.05) is 29.8 Å². The van der Waals surface area contributed by atoms with E-state index in [9.17, 15) is 13.2 Å². The van der Waals surface area contributed by atoms with Gasteiger partial charge in [-0.15, -0.1) is 0 Å². The van der Waals surface area contributed by atoms with E-state index in [-0.39, 0.29) is 11.7 Å². The lowest BCUT2D eigenvalue weighted by Gasteiger charge is -2.28. The van der Waals surface area contributed by atoms with Crippen molar-refractivity contribution < 1.29 is 13.2 Å². The molecule has 0 atom stereocenters. The molecule has 9 heteroatoms. The first-order chi connectivity index (χ1) is 16.8. The van der Waals surface area contributed by atoms with E-state index < -0.39 is 10.0 Å². The second-order valence-electron chi connectivity index (χ2n) is 8.50. The molecule has 1 saturated heterocycles. The van der Waals surface area contributed by atoms with Crippen LogP contribution in [-0.4, -0.2) is 36.6 Å². The van der Waals surface area contributed by atoms with Crippen molar-refractivity contribution in [2.24, 2.45) is 0 Å². The van der Waals surface area contributed by atoms with Gasteiger partial charge < -0.3 is 5.32 Å². The van der Waals surface area contributed by atoms with Gasteiger partial charge in [-0.05, 0) is 67.8 Å². The highest BCUT2D eigenvalue weighted by molar-refractivity contribution is 7.92. The maximum atomic E-state index is 13.1. The highest BCUT2D eigenvalue weighted by atomic mass is 35.5. The number of para-hydroxylation sites is 1. The van der Waals surface area contributed by atoms with Crippen LogP contribution in [0.1, 0.15) is 28.8 Å². The summed E-state index contributed by atoms with van der Waals surface area (Å²) in [4.78, 5) is 22.1. The number of nitrogens with one attached hydrogen (secondary N) is 1. The molecule has 0 bridgehead atoms. The summed E-state index contributed by atoms with van der Waals surface area (Å²) < 4.78 is 26.3.